The number of nitrogens with one attached hydrogen (secondary N) is 1. The number of carbonyl (C=O) groups is 1. The summed E-state index contributed by atoms with van der Waals surface area (Å²) in [5, 5.41) is 2.19. The summed E-state index contributed by atoms with van der Waals surface area (Å²) in [5.74, 6) is -0.482. The average molecular weight is 337 g/mol. The number of hydrogen-bond donors (Lipinski definition) is 1. The summed E-state index contributed by atoms with van der Waals surface area (Å²) in [6, 6.07) is 0.595. The zero-order chi connectivity index (χ0) is 16.3. The first kappa shape index (κ1) is 16.9. The van der Waals surface area contributed by atoms with Gasteiger partial charge in [0.1, 0.15) is 11.6 Å². The van der Waals surface area contributed by atoms with E-state index in [1.54, 1.807) is 0 Å². The van der Waals surface area contributed by atoms with Crippen molar-refractivity contribution in [3.8, 4) is 0 Å². The highest BCUT2D eigenvalue weighted by Gasteiger charge is 2.32. The van der Waals surface area contributed by atoms with Crippen LogP contribution >= 0.6 is 11.6 Å². The van der Waals surface area contributed by atoms with Crippen molar-refractivity contribution >= 4 is 17.5 Å². The molecule has 1 heterocycles. The van der Waals surface area contributed by atoms with Gasteiger partial charge in [0.15, 0.2) is 0 Å². The molecule has 1 aromatic heterocycles. The summed E-state index contributed by atoms with van der Waals surface area (Å²) < 4.78 is 38.8. The lowest BCUT2D eigenvalue weighted by molar-refractivity contribution is -0.138. The summed E-state index contributed by atoms with van der Waals surface area (Å²) in [6.45, 7) is -0.473. The van der Waals surface area contributed by atoms with Crippen LogP contribution in [0, 0.1) is 0 Å². The number of pyridine rings is 1. The SMILES string of the molecule is O=C(Cn1cc(C(F)(F)F)cc(Cl)c1=O)NC1CCCCC1. The Labute approximate surface area is 130 Å². The maximum Gasteiger partial charge on any atom is 0.417 e. The first-order valence-corrected chi connectivity index (χ1v) is 7.41. The number of aromatic nitrogens is 1. The standard InChI is InChI=1S/C14H16ClF3N2O2/c15-11-6-9(14(16,17)18)7-20(13(11)22)8-12(21)19-10-4-2-1-3-5-10/h6-7,10H,1-5,8H2,(H,19,21). The lowest BCUT2D eigenvalue weighted by atomic mass is 9.95. The molecule has 2 rings (SSSR count). The van der Waals surface area contributed by atoms with Crippen LogP contribution < -0.4 is 10.9 Å². The van der Waals surface area contributed by atoms with Crippen molar-refractivity contribution in [1.82, 2.24) is 9.88 Å². The Morgan fingerprint density at radius 2 is 1.95 bits per heavy atom. The molecule has 1 amide bonds. The average Bonchev–Trinajstić information content (AvgIpc) is 2.43. The molecule has 1 aliphatic carbocycles. The molecule has 1 N–H and O–H groups in total. The molecule has 22 heavy (non-hydrogen) atoms. The normalized spacial score (nSPS) is 16.5. The molecular weight excluding hydrogens is 321 g/mol. The number of amides is 1. The lowest BCUT2D eigenvalue weighted by Gasteiger charge is -2.23. The van der Waals surface area contributed by atoms with E-state index in [9.17, 15) is 22.8 Å². The number of hydrogen-bond acceptors (Lipinski definition) is 2. The molecule has 1 saturated carbocycles. The van der Waals surface area contributed by atoms with Gasteiger partial charge in [0.05, 0.1) is 5.56 Å². The van der Waals surface area contributed by atoms with E-state index in [0.29, 0.717) is 16.8 Å². The molecule has 0 aliphatic heterocycles. The molecule has 0 spiro atoms. The van der Waals surface area contributed by atoms with Crippen LogP contribution in [0.5, 0.6) is 0 Å². The molecule has 1 aliphatic rings. The van der Waals surface area contributed by atoms with E-state index in [2.05, 4.69) is 5.32 Å². The van der Waals surface area contributed by atoms with E-state index in [1.807, 2.05) is 0 Å². The Bertz CT molecular complexity index is 607. The van der Waals surface area contributed by atoms with Crippen LogP contribution in [0.25, 0.3) is 0 Å². The highest BCUT2D eigenvalue weighted by Crippen LogP contribution is 2.29. The van der Waals surface area contributed by atoms with Gasteiger partial charge in [-0.2, -0.15) is 13.2 Å². The Balaban J connectivity index is 2.12. The van der Waals surface area contributed by atoms with E-state index in [4.69, 9.17) is 11.6 Å². The molecule has 0 unspecified atom stereocenters. The molecule has 122 valence electrons. The maximum atomic E-state index is 12.7. The van der Waals surface area contributed by atoms with E-state index < -0.39 is 34.8 Å². The van der Waals surface area contributed by atoms with Gasteiger partial charge in [-0.15, -0.1) is 0 Å². The highest BCUT2D eigenvalue weighted by atomic mass is 35.5. The maximum absolute atomic E-state index is 12.7. The van der Waals surface area contributed by atoms with E-state index >= 15 is 0 Å². The molecule has 0 bridgehead atoms. The smallest absolute Gasteiger partial charge is 0.352 e. The van der Waals surface area contributed by atoms with Gasteiger partial charge in [-0.25, -0.2) is 0 Å². The molecule has 0 atom stereocenters. The predicted octanol–water partition coefficient (Wildman–Crippen LogP) is 2.97. The number of alkyl halides is 3. The minimum atomic E-state index is -4.63. The van der Waals surface area contributed by atoms with Gasteiger partial charge in [-0.1, -0.05) is 30.9 Å². The first-order valence-electron chi connectivity index (χ1n) is 7.04. The molecule has 1 fully saturated rings. The Kier molecular flexibility index (Phi) is 5.16. The molecular formula is C14H16ClF3N2O2. The van der Waals surface area contributed by atoms with Crippen molar-refractivity contribution in [2.75, 3.05) is 0 Å². The van der Waals surface area contributed by atoms with Crippen molar-refractivity contribution < 1.29 is 18.0 Å². The molecule has 8 heteroatoms. The zero-order valence-corrected chi connectivity index (χ0v) is 12.5. The van der Waals surface area contributed by atoms with Crippen LogP contribution in [-0.4, -0.2) is 16.5 Å². The van der Waals surface area contributed by atoms with E-state index in [-0.39, 0.29) is 6.04 Å². The Morgan fingerprint density at radius 1 is 1.32 bits per heavy atom. The fourth-order valence-electron chi connectivity index (χ4n) is 2.55. The van der Waals surface area contributed by atoms with Crippen molar-refractivity contribution in [3.05, 3.63) is 33.2 Å². The van der Waals surface area contributed by atoms with Crippen LogP contribution in [0.1, 0.15) is 37.7 Å². The van der Waals surface area contributed by atoms with Crippen LogP contribution in [0.15, 0.2) is 17.1 Å². The van der Waals surface area contributed by atoms with Gasteiger partial charge < -0.3 is 9.88 Å². The second kappa shape index (κ2) is 6.73. The van der Waals surface area contributed by atoms with Crippen LogP contribution in [-0.2, 0) is 17.5 Å². The summed E-state index contributed by atoms with van der Waals surface area (Å²) in [7, 11) is 0. The second-order valence-corrected chi connectivity index (χ2v) is 5.82. The molecule has 4 nitrogen and oxygen atoms in total. The van der Waals surface area contributed by atoms with Crippen LogP contribution in [0.4, 0.5) is 13.2 Å². The third-order valence-electron chi connectivity index (χ3n) is 3.65. The fourth-order valence-corrected chi connectivity index (χ4v) is 2.77. The van der Waals surface area contributed by atoms with Crippen LogP contribution in [0.3, 0.4) is 0 Å². The summed E-state index contributed by atoms with van der Waals surface area (Å²) in [5.41, 5.74) is -1.86. The van der Waals surface area contributed by atoms with Gasteiger partial charge in [0.2, 0.25) is 5.91 Å². The fraction of sp³-hybridized carbons (Fsp3) is 0.571. The number of halogens is 4. The summed E-state index contributed by atoms with van der Waals surface area (Å²) >= 11 is 5.54. The van der Waals surface area contributed by atoms with Crippen molar-refractivity contribution in [2.45, 2.75) is 50.9 Å². The van der Waals surface area contributed by atoms with Crippen molar-refractivity contribution in [1.29, 1.82) is 0 Å². The summed E-state index contributed by atoms with van der Waals surface area (Å²) in [6.07, 6.45) is 0.844. The third-order valence-corrected chi connectivity index (χ3v) is 3.92. The van der Waals surface area contributed by atoms with Gasteiger partial charge >= 0.3 is 6.18 Å². The lowest BCUT2D eigenvalue weighted by Crippen LogP contribution is -2.40. The number of carbonyl (C=O) groups excluding carboxylic acids is 1. The zero-order valence-electron chi connectivity index (χ0n) is 11.8. The van der Waals surface area contributed by atoms with Gasteiger partial charge in [-0.3, -0.25) is 9.59 Å². The van der Waals surface area contributed by atoms with Crippen molar-refractivity contribution in [2.24, 2.45) is 0 Å². The van der Waals surface area contributed by atoms with Crippen molar-refractivity contribution in [3.63, 3.8) is 0 Å². The molecule has 0 saturated heterocycles. The molecule has 0 radical (unpaired) electrons. The Hall–Kier alpha value is -1.50. The van der Waals surface area contributed by atoms with Crippen LogP contribution in [0.2, 0.25) is 5.02 Å². The Morgan fingerprint density at radius 3 is 2.55 bits per heavy atom. The quantitative estimate of drug-likeness (QED) is 0.922. The van der Waals surface area contributed by atoms with Gasteiger partial charge in [0, 0.05) is 12.2 Å². The topological polar surface area (TPSA) is 51.1 Å². The predicted molar refractivity (Wildman–Crippen MR) is 75.7 cm³/mol. The van der Waals surface area contributed by atoms with E-state index in [1.165, 1.54) is 0 Å². The highest BCUT2D eigenvalue weighted by molar-refractivity contribution is 6.30. The first-order chi connectivity index (χ1) is 10.3. The minimum absolute atomic E-state index is 0.0261. The minimum Gasteiger partial charge on any atom is -0.352 e. The van der Waals surface area contributed by atoms with Gasteiger partial charge in [0.25, 0.3) is 5.56 Å². The summed E-state index contributed by atoms with van der Waals surface area (Å²) in [4.78, 5) is 23.7. The number of nitrogens with zero attached hydrogens (tertiary/aromatic N) is 1. The van der Waals surface area contributed by atoms with E-state index in [0.717, 1.165) is 32.1 Å². The largest absolute Gasteiger partial charge is 0.417 e. The third kappa shape index (κ3) is 4.25. The molecule has 1 aromatic rings. The number of rotatable bonds is 3. The molecule has 0 aromatic carbocycles. The van der Waals surface area contributed by atoms with Gasteiger partial charge in [-0.05, 0) is 18.9 Å². The second-order valence-electron chi connectivity index (χ2n) is 5.41. The monoisotopic (exact) mass is 336 g/mol.